The van der Waals surface area contributed by atoms with Crippen LogP contribution in [0.15, 0.2) is 22.7 Å². The van der Waals surface area contributed by atoms with Gasteiger partial charge in [-0.2, -0.15) is 0 Å². The van der Waals surface area contributed by atoms with Gasteiger partial charge in [0.25, 0.3) is 0 Å². The van der Waals surface area contributed by atoms with Crippen LogP contribution >= 0.6 is 15.9 Å². The summed E-state index contributed by atoms with van der Waals surface area (Å²) < 4.78 is 1.06. The lowest BCUT2D eigenvalue weighted by Crippen LogP contribution is -2.15. The lowest BCUT2D eigenvalue weighted by Gasteiger charge is -2.26. The first kappa shape index (κ1) is 13.7. The molecule has 1 aliphatic carbocycles. The van der Waals surface area contributed by atoms with Crippen LogP contribution in [0.3, 0.4) is 0 Å². The van der Waals surface area contributed by atoms with Gasteiger partial charge in [0.1, 0.15) is 0 Å². The van der Waals surface area contributed by atoms with Crippen molar-refractivity contribution in [3.63, 3.8) is 0 Å². The van der Waals surface area contributed by atoms with E-state index in [1.807, 2.05) is 18.2 Å². The Morgan fingerprint density at radius 2 is 2.00 bits per heavy atom. The number of halogens is 1. The molecule has 2 nitrogen and oxygen atoms in total. The average molecular weight is 311 g/mol. The van der Waals surface area contributed by atoms with Crippen molar-refractivity contribution in [1.82, 2.24) is 0 Å². The molecule has 0 radical (unpaired) electrons. The normalized spacial score (nSPS) is 23.9. The SMILES string of the molecule is CC1CCC(CCNc2ccc(N)cc2Br)CC1. The third-order valence-electron chi connectivity index (χ3n) is 4.00. The van der Waals surface area contributed by atoms with Gasteiger partial charge in [0.05, 0.1) is 0 Å². The number of nitrogens with one attached hydrogen (secondary N) is 1. The quantitative estimate of drug-likeness (QED) is 0.794. The number of nitrogens with two attached hydrogens (primary N) is 1. The lowest BCUT2D eigenvalue weighted by molar-refractivity contribution is 0.282. The highest BCUT2D eigenvalue weighted by molar-refractivity contribution is 9.10. The van der Waals surface area contributed by atoms with Gasteiger partial charge < -0.3 is 11.1 Å². The molecule has 0 spiro atoms. The van der Waals surface area contributed by atoms with Crippen LogP contribution in [0.25, 0.3) is 0 Å². The standard InChI is InChI=1S/C15H23BrN2/c1-11-2-4-12(5-3-11)8-9-18-15-7-6-13(17)10-14(15)16/h6-7,10-12,18H,2-5,8-9,17H2,1H3. The summed E-state index contributed by atoms with van der Waals surface area (Å²) in [6.45, 7) is 3.43. The van der Waals surface area contributed by atoms with Crippen molar-refractivity contribution >= 4 is 27.3 Å². The van der Waals surface area contributed by atoms with Crippen LogP contribution in [0, 0.1) is 11.8 Å². The highest BCUT2D eigenvalue weighted by Gasteiger charge is 2.17. The molecule has 0 bridgehead atoms. The molecule has 18 heavy (non-hydrogen) atoms. The lowest BCUT2D eigenvalue weighted by atomic mass is 9.81. The summed E-state index contributed by atoms with van der Waals surface area (Å²) in [5.74, 6) is 1.86. The van der Waals surface area contributed by atoms with E-state index in [1.54, 1.807) is 0 Å². The number of rotatable bonds is 4. The van der Waals surface area contributed by atoms with E-state index in [2.05, 4.69) is 28.2 Å². The van der Waals surface area contributed by atoms with Crippen molar-refractivity contribution in [3.8, 4) is 0 Å². The fraction of sp³-hybridized carbons (Fsp3) is 0.600. The predicted octanol–water partition coefficient (Wildman–Crippen LogP) is 4.66. The fourth-order valence-corrected chi connectivity index (χ4v) is 3.24. The molecule has 3 N–H and O–H groups in total. The van der Waals surface area contributed by atoms with Crippen LogP contribution in [0.4, 0.5) is 11.4 Å². The van der Waals surface area contributed by atoms with E-state index >= 15 is 0 Å². The summed E-state index contributed by atoms with van der Waals surface area (Å²) in [6, 6.07) is 5.93. The number of benzene rings is 1. The highest BCUT2D eigenvalue weighted by atomic mass is 79.9. The van der Waals surface area contributed by atoms with Crippen LogP contribution in [0.5, 0.6) is 0 Å². The van der Waals surface area contributed by atoms with Crippen molar-refractivity contribution in [2.45, 2.75) is 39.0 Å². The van der Waals surface area contributed by atoms with E-state index in [9.17, 15) is 0 Å². The Morgan fingerprint density at radius 1 is 1.28 bits per heavy atom. The van der Waals surface area contributed by atoms with Crippen molar-refractivity contribution < 1.29 is 0 Å². The second kappa shape index (κ2) is 6.46. The third kappa shape index (κ3) is 3.91. The molecule has 0 heterocycles. The zero-order chi connectivity index (χ0) is 13.0. The first-order chi connectivity index (χ1) is 8.65. The molecule has 1 aromatic rings. The smallest absolute Gasteiger partial charge is 0.0486 e. The summed E-state index contributed by atoms with van der Waals surface area (Å²) >= 11 is 3.54. The summed E-state index contributed by atoms with van der Waals surface area (Å²) in [5.41, 5.74) is 7.67. The number of anilines is 2. The Kier molecular flexibility index (Phi) is 4.93. The van der Waals surface area contributed by atoms with Crippen LogP contribution in [-0.2, 0) is 0 Å². The second-order valence-electron chi connectivity index (χ2n) is 5.58. The van der Waals surface area contributed by atoms with E-state index in [0.717, 1.165) is 34.2 Å². The molecule has 2 rings (SSSR count). The Bertz CT molecular complexity index is 384. The molecule has 0 aliphatic heterocycles. The van der Waals surface area contributed by atoms with E-state index in [4.69, 9.17) is 5.73 Å². The first-order valence-electron chi connectivity index (χ1n) is 6.94. The number of hydrogen-bond donors (Lipinski definition) is 2. The molecule has 0 atom stereocenters. The van der Waals surface area contributed by atoms with Crippen LogP contribution in [0.1, 0.15) is 39.0 Å². The minimum Gasteiger partial charge on any atom is -0.399 e. The van der Waals surface area contributed by atoms with Gasteiger partial charge in [-0.3, -0.25) is 0 Å². The first-order valence-corrected chi connectivity index (χ1v) is 7.73. The molecule has 0 unspecified atom stereocenters. The highest BCUT2D eigenvalue weighted by Crippen LogP contribution is 2.30. The summed E-state index contributed by atoms with van der Waals surface area (Å²) in [4.78, 5) is 0. The molecule has 1 fully saturated rings. The molecule has 1 saturated carbocycles. The van der Waals surface area contributed by atoms with Gasteiger partial charge >= 0.3 is 0 Å². The van der Waals surface area contributed by atoms with Crippen LogP contribution < -0.4 is 11.1 Å². The predicted molar refractivity (Wildman–Crippen MR) is 82.8 cm³/mol. The maximum atomic E-state index is 5.73. The maximum absolute atomic E-state index is 5.73. The van der Waals surface area contributed by atoms with Gasteiger partial charge in [0.15, 0.2) is 0 Å². The Balaban J connectivity index is 1.75. The molecule has 3 heteroatoms. The zero-order valence-electron chi connectivity index (χ0n) is 11.1. The minimum atomic E-state index is 0.800. The Hall–Kier alpha value is -0.700. The van der Waals surface area contributed by atoms with Crippen LogP contribution in [0.2, 0.25) is 0 Å². The van der Waals surface area contributed by atoms with Gasteiger partial charge in [-0.1, -0.05) is 32.6 Å². The van der Waals surface area contributed by atoms with E-state index in [0.29, 0.717) is 0 Å². The van der Waals surface area contributed by atoms with Gasteiger partial charge in [-0.15, -0.1) is 0 Å². The van der Waals surface area contributed by atoms with Gasteiger partial charge in [-0.05, 0) is 52.4 Å². The van der Waals surface area contributed by atoms with Crippen molar-refractivity contribution in [1.29, 1.82) is 0 Å². The molecule has 0 saturated heterocycles. The minimum absolute atomic E-state index is 0.800. The van der Waals surface area contributed by atoms with E-state index < -0.39 is 0 Å². The Morgan fingerprint density at radius 3 is 2.67 bits per heavy atom. The number of hydrogen-bond acceptors (Lipinski definition) is 2. The molecule has 1 aliphatic rings. The topological polar surface area (TPSA) is 38.0 Å². The Labute approximate surface area is 118 Å². The van der Waals surface area contributed by atoms with Gasteiger partial charge in [-0.25, -0.2) is 0 Å². The number of nitrogen functional groups attached to an aromatic ring is 1. The molecular formula is C15H23BrN2. The molecular weight excluding hydrogens is 288 g/mol. The van der Waals surface area contributed by atoms with E-state index in [1.165, 1.54) is 32.1 Å². The van der Waals surface area contributed by atoms with Crippen molar-refractivity contribution in [3.05, 3.63) is 22.7 Å². The molecule has 0 amide bonds. The monoisotopic (exact) mass is 310 g/mol. The van der Waals surface area contributed by atoms with Crippen molar-refractivity contribution in [2.24, 2.45) is 11.8 Å². The summed E-state index contributed by atoms with van der Waals surface area (Å²) in [5, 5.41) is 3.50. The largest absolute Gasteiger partial charge is 0.399 e. The van der Waals surface area contributed by atoms with Gasteiger partial charge in [0, 0.05) is 22.4 Å². The summed E-state index contributed by atoms with van der Waals surface area (Å²) in [6.07, 6.45) is 6.92. The average Bonchev–Trinajstić information content (AvgIpc) is 2.34. The second-order valence-corrected chi connectivity index (χ2v) is 6.43. The van der Waals surface area contributed by atoms with Crippen LogP contribution in [-0.4, -0.2) is 6.54 Å². The third-order valence-corrected chi connectivity index (χ3v) is 4.65. The molecule has 0 aromatic heterocycles. The maximum Gasteiger partial charge on any atom is 0.0486 e. The molecule has 1 aromatic carbocycles. The molecule has 100 valence electrons. The zero-order valence-corrected chi connectivity index (χ0v) is 12.7. The van der Waals surface area contributed by atoms with E-state index in [-0.39, 0.29) is 0 Å². The fourth-order valence-electron chi connectivity index (χ4n) is 2.70. The summed E-state index contributed by atoms with van der Waals surface area (Å²) in [7, 11) is 0. The van der Waals surface area contributed by atoms with Crippen molar-refractivity contribution in [2.75, 3.05) is 17.6 Å². The van der Waals surface area contributed by atoms with Gasteiger partial charge in [0.2, 0.25) is 0 Å².